The molecule has 1 saturated heterocycles. The van der Waals surface area contributed by atoms with Crippen molar-refractivity contribution in [1.29, 1.82) is 0 Å². The van der Waals surface area contributed by atoms with Gasteiger partial charge in [0.25, 0.3) is 0 Å². The zero-order valence-corrected chi connectivity index (χ0v) is 8.22. The van der Waals surface area contributed by atoms with Crippen LogP contribution in [0.15, 0.2) is 0 Å². The average Bonchev–Trinajstić information content (AvgIpc) is 2.24. The minimum Gasteiger partial charge on any atom is -0.378 e. The molecule has 0 amide bonds. The van der Waals surface area contributed by atoms with Crippen molar-refractivity contribution in [3.63, 3.8) is 0 Å². The first-order chi connectivity index (χ1) is 5.31. The van der Waals surface area contributed by atoms with E-state index in [2.05, 4.69) is 0 Å². The molecule has 1 saturated carbocycles. The van der Waals surface area contributed by atoms with Gasteiger partial charge in [-0.3, -0.25) is 0 Å². The highest BCUT2D eigenvalue weighted by atomic mass is 32.2. The molecule has 64 valence electrons. The molecular formula is C8H14OS2. The summed E-state index contributed by atoms with van der Waals surface area (Å²) in [4.78, 5) is -0.346. The quantitative estimate of drug-likeness (QED) is 0.631. The molecule has 1 aliphatic carbocycles. The first kappa shape index (κ1) is 8.27. The van der Waals surface area contributed by atoms with Gasteiger partial charge in [-0.05, 0) is 37.2 Å². The SMILES string of the molecule is OC12CCCC1SCCCS2. The van der Waals surface area contributed by atoms with Crippen molar-refractivity contribution in [1.82, 2.24) is 0 Å². The van der Waals surface area contributed by atoms with E-state index in [1.807, 2.05) is 11.8 Å². The molecule has 2 aliphatic rings. The van der Waals surface area contributed by atoms with E-state index in [0.29, 0.717) is 5.25 Å². The fourth-order valence-electron chi connectivity index (χ4n) is 1.84. The molecule has 0 aromatic rings. The van der Waals surface area contributed by atoms with Crippen LogP contribution in [0.3, 0.4) is 0 Å². The second kappa shape index (κ2) is 3.19. The van der Waals surface area contributed by atoms with E-state index in [-0.39, 0.29) is 4.93 Å². The Kier molecular flexibility index (Phi) is 2.40. The Morgan fingerprint density at radius 3 is 3.09 bits per heavy atom. The van der Waals surface area contributed by atoms with E-state index in [0.717, 1.165) is 12.2 Å². The number of rotatable bonds is 0. The van der Waals surface area contributed by atoms with Gasteiger partial charge in [0.05, 0.1) is 0 Å². The van der Waals surface area contributed by atoms with Gasteiger partial charge in [0.1, 0.15) is 4.93 Å². The molecule has 1 nitrogen and oxygen atoms in total. The van der Waals surface area contributed by atoms with Crippen LogP contribution in [-0.2, 0) is 0 Å². The van der Waals surface area contributed by atoms with Crippen LogP contribution < -0.4 is 0 Å². The van der Waals surface area contributed by atoms with Crippen LogP contribution in [0, 0.1) is 0 Å². The van der Waals surface area contributed by atoms with E-state index in [9.17, 15) is 5.11 Å². The first-order valence-corrected chi connectivity index (χ1v) is 6.33. The third kappa shape index (κ3) is 1.56. The fraction of sp³-hybridized carbons (Fsp3) is 1.00. The number of aliphatic hydroxyl groups is 1. The van der Waals surface area contributed by atoms with Crippen LogP contribution in [0.1, 0.15) is 25.7 Å². The summed E-state index contributed by atoms with van der Waals surface area (Å²) in [6, 6.07) is 0. The summed E-state index contributed by atoms with van der Waals surface area (Å²) in [5.74, 6) is 2.40. The highest BCUT2D eigenvalue weighted by molar-refractivity contribution is 8.04. The van der Waals surface area contributed by atoms with E-state index in [4.69, 9.17) is 0 Å². The number of hydrogen-bond acceptors (Lipinski definition) is 3. The second-order valence-electron chi connectivity index (χ2n) is 3.30. The van der Waals surface area contributed by atoms with Gasteiger partial charge in [-0.25, -0.2) is 0 Å². The number of thioether (sulfide) groups is 2. The lowest BCUT2D eigenvalue weighted by Gasteiger charge is -2.26. The molecule has 1 heterocycles. The Balaban J connectivity index is 2.09. The summed E-state index contributed by atoms with van der Waals surface area (Å²) in [5.41, 5.74) is 0. The summed E-state index contributed by atoms with van der Waals surface area (Å²) in [5, 5.41) is 10.7. The Morgan fingerprint density at radius 1 is 1.27 bits per heavy atom. The first-order valence-electron chi connectivity index (χ1n) is 4.29. The summed E-state index contributed by atoms with van der Waals surface area (Å²) < 4.78 is 0. The lowest BCUT2D eigenvalue weighted by Crippen LogP contribution is -2.30. The third-order valence-electron chi connectivity index (χ3n) is 2.46. The molecule has 0 spiro atoms. The summed E-state index contributed by atoms with van der Waals surface area (Å²) >= 11 is 3.77. The minimum atomic E-state index is -0.346. The molecule has 0 aromatic carbocycles. The maximum absolute atomic E-state index is 10.1. The van der Waals surface area contributed by atoms with Crippen molar-refractivity contribution in [3.8, 4) is 0 Å². The van der Waals surface area contributed by atoms with Gasteiger partial charge in [0.15, 0.2) is 0 Å². The van der Waals surface area contributed by atoms with Gasteiger partial charge >= 0.3 is 0 Å². The summed E-state index contributed by atoms with van der Waals surface area (Å²) in [7, 11) is 0. The normalized spacial score (nSPS) is 45.0. The van der Waals surface area contributed by atoms with Crippen molar-refractivity contribution < 1.29 is 5.11 Å². The molecule has 2 rings (SSSR count). The molecule has 0 aromatic heterocycles. The van der Waals surface area contributed by atoms with E-state index >= 15 is 0 Å². The fourth-order valence-corrected chi connectivity index (χ4v) is 4.97. The zero-order chi connectivity index (χ0) is 7.73. The molecular weight excluding hydrogens is 176 g/mol. The van der Waals surface area contributed by atoms with E-state index < -0.39 is 0 Å². The highest BCUT2D eigenvalue weighted by Crippen LogP contribution is 2.47. The molecule has 0 radical (unpaired) electrons. The van der Waals surface area contributed by atoms with Crippen molar-refractivity contribution >= 4 is 23.5 Å². The van der Waals surface area contributed by atoms with Crippen LogP contribution >= 0.6 is 23.5 Å². The Labute approximate surface area is 76.3 Å². The van der Waals surface area contributed by atoms with Gasteiger partial charge in [0.2, 0.25) is 0 Å². The minimum absolute atomic E-state index is 0.346. The van der Waals surface area contributed by atoms with Crippen molar-refractivity contribution in [3.05, 3.63) is 0 Å². The van der Waals surface area contributed by atoms with Gasteiger partial charge in [0, 0.05) is 5.25 Å². The van der Waals surface area contributed by atoms with Crippen LogP contribution in [0.2, 0.25) is 0 Å². The van der Waals surface area contributed by atoms with Crippen molar-refractivity contribution in [2.75, 3.05) is 11.5 Å². The maximum Gasteiger partial charge on any atom is 0.122 e. The molecule has 0 bridgehead atoms. The largest absolute Gasteiger partial charge is 0.378 e. The lowest BCUT2D eigenvalue weighted by molar-refractivity contribution is 0.151. The standard InChI is InChI=1S/C8H14OS2/c9-8-4-1-3-7(8)10-5-2-6-11-8/h7,9H,1-6H2. The van der Waals surface area contributed by atoms with E-state index in [1.165, 1.54) is 25.0 Å². The smallest absolute Gasteiger partial charge is 0.122 e. The van der Waals surface area contributed by atoms with Crippen molar-refractivity contribution in [2.24, 2.45) is 0 Å². The second-order valence-corrected chi connectivity index (χ2v) is 6.01. The van der Waals surface area contributed by atoms with Crippen LogP contribution in [0.25, 0.3) is 0 Å². The topological polar surface area (TPSA) is 20.2 Å². The summed E-state index contributed by atoms with van der Waals surface area (Å²) in [6.07, 6.45) is 4.75. The van der Waals surface area contributed by atoms with Crippen LogP contribution in [0.5, 0.6) is 0 Å². The van der Waals surface area contributed by atoms with Crippen LogP contribution in [0.4, 0.5) is 0 Å². The highest BCUT2D eigenvalue weighted by Gasteiger charge is 2.42. The molecule has 1 aliphatic heterocycles. The van der Waals surface area contributed by atoms with Gasteiger partial charge < -0.3 is 5.11 Å². The van der Waals surface area contributed by atoms with Gasteiger partial charge in [-0.15, -0.1) is 11.8 Å². The van der Waals surface area contributed by atoms with Gasteiger partial charge in [-0.1, -0.05) is 0 Å². The Bertz CT molecular complexity index is 151. The van der Waals surface area contributed by atoms with Crippen molar-refractivity contribution in [2.45, 2.75) is 35.9 Å². The molecule has 2 unspecified atom stereocenters. The molecule has 2 fully saturated rings. The number of fused-ring (bicyclic) bond motifs is 1. The average molecular weight is 190 g/mol. The van der Waals surface area contributed by atoms with Gasteiger partial charge in [-0.2, -0.15) is 11.8 Å². The zero-order valence-electron chi connectivity index (χ0n) is 6.58. The lowest BCUT2D eigenvalue weighted by atomic mass is 10.3. The third-order valence-corrected chi connectivity index (χ3v) is 5.65. The van der Waals surface area contributed by atoms with E-state index in [1.54, 1.807) is 11.8 Å². The monoisotopic (exact) mass is 190 g/mol. The summed E-state index contributed by atoms with van der Waals surface area (Å²) in [6.45, 7) is 0. The predicted octanol–water partition coefficient (Wildman–Crippen LogP) is 2.10. The Hall–Kier alpha value is 0.660. The molecule has 3 heteroatoms. The Morgan fingerprint density at radius 2 is 2.18 bits per heavy atom. The molecule has 11 heavy (non-hydrogen) atoms. The van der Waals surface area contributed by atoms with Crippen LogP contribution in [-0.4, -0.2) is 26.8 Å². The number of hydrogen-bond donors (Lipinski definition) is 1. The molecule has 1 N–H and O–H groups in total. The maximum atomic E-state index is 10.1. The predicted molar refractivity (Wildman–Crippen MR) is 52.1 cm³/mol. The molecule has 2 atom stereocenters.